The Kier molecular flexibility index (Phi) is 5.25. The molecule has 1 saturated heterocycles. The Morgan fingerprint density at radius 2 is 2.08 bits per heavy atom. The Hall–Kier alpha value is -2.63. The highest BCUT2D eigenvalue weighted by molar-refractivity contribution is 5.90. The summed E-state index contributed by atoms with van der Waals surface area (Å²) in [4.78, 5) is 25.3. The Labute approximate surface area is 141 Å². The van der Waals surface area contributed by atoms with Crippen LogP contribution >= 0.6 is 0 Å². The van der Waals surface area contributed by atoms with Crippen molar-refractivity contribution in [3.8, 4) is 0 Å². The summed E-state index contributed by atoms with van der Waals surface area (Å²) < 4.78 is 1.80. The molecule has 3 rings (SSSR count). The molecule has 6 nitrogen and oxygen atoms in total. The van der Waals surface area contributed by atoms with Gasteiger partial charge in [0.05, 0.1) is 18.4 Å². The number of likely N-dealkylation sites (tertiary alicyclic amines) is 1. The van der Waals surface area contributed by atoms with Gasteiger partial charge in [-0.25, -0.2) is 0 Å². The van der Waals surface area contributed by atoms with E-state index in [9.17, 15) is 9.59 Å². The lowest BCUT2D eigenvalue weighted by molar-refractivity contribution is -0.128. The molecule has 24 heavy (non-hydrogen) atoms. The minimum absolute atomic E-state index is 0.0408. The Morgan fingerprint density at radius 1 is 1.25 bits per heavy atom. The second kappa shape index (κ2) is 7.77. The standard InChI is InChI=1S/C18H22N4O2/c23-17(8-4-10-21-11-5-9-18(21)24)20-16-12-19-22(14-16)13-15-6-2-1-3-7-15/h1-3,6-7,12,14H,4-5,8-11,13H2,(H,20,23). The smallest absolute Gasteiger partial charge is 0.224 e. The summed E-state index contributed by atoms with van der Waals surface area (Å²) in [5, 5.41) is 7.13. The van der Waals surface area contributed by atoms with Crippen LogP contribution in [-0.2, 0) is 16.1 Å². The molecule has 1 aromatic heterocycles. The van der Waals surface area contributed by atoms with Gasteiger partial charge in [-0.1, -0.05) is 30.3 Å². The largest absolute Gasteiger partial charge is 0.343 e. The zero-order chi connectivity index (χ0) is 16.8. The first-order chi connectivity index (χ1) is 11.7. The van der Waals surface area contributed by atoms with E-state index in [4.69, 9.17) is 0 Å². The molecule has 0 atom stereocenters. The predicted octanol–water partition coefficient (Wildman–Crippen LogP) is 2.27. The summed E-state index contributed by atoms with van der Waals surface area (Å²) in [5.74, 6) is 0.165. The van der Waals surface area contributed by atoms with Gasteiger partial charge in [0.25, 0.3) is 0 Å². The molecule has 0 radical (unpaired) electrons. The summed E-state index contributed by atoms with van der Waals surface area (Å²) in [6, 6.07) is 10.0. The van der Waals surface area contributed by atoms with Crippen LogP contribution in [0.4, 0.5) is 5.69 Å². The zero-order valence-electron chi connectivity index (χ0n) is 13.6. The molecule has 1 aromatic carbocycles. The average molecular weight is 326 g/mol. The van der Waals surface area contributed by atoms with Crippen molar-refractivity contribution in [2.45, 2.75) is 32.2 Å². The first-order valence-electron chi connectivity index (χ1n) is 8.35. The molecule has 1 aliphatic rings. The highest BCUT2D eigenvalue weighted by atomic mass is 16.2. The molecule has 2 amide bonds. The van der Waals surface area contributed by atoms with Crippen LogP contribution < -0.4 is 5.32 Å². The van der Waals surface area contributed by atoms with Gasteiger partial charge in [0.15, 0.2) is 0 Å². The number of carbonyl (C=O) groups is 2. The molecule has 0 aliphatic carbocycles. The van der Waals surface area contributed by atoms with Gasteiger partial charge in [-0.3, -0.25) is 14.3 Å². The highest BCUT2D eigenvalue weighted by Gasteiger charge is 2.19. The van der Waals surface area contributed by atoms with Crippen molar-refractivity contribution < 1.29 is 9.59 Å². The van der Waals surface area contributed by atoms with Crippen molar-refractivity contribution in [2.24, 2.45) is 0 Å². The molecule has 0 spiro atoms. The SMILES string of the molecule is O=C(CCCN1CCCC1=O)Nc1cnn(Cc2ccccc2)c1. The van der Waals surface area contributed by atoms with Gasteiger partial charge in [0.2, 0.25) is 11.8 Å². The minimum Gasteiger partial charge on any atom is -0.343 e. The van der Waals surface area contributed by atoms with Gasteiger partial charge < -0.3 is 10.2 Å². The molecular formula is C18H22N4O2. The van der Waals surface area contributed by atoms with E-state index >= 15 is 0 Å². The fourth-order valence-corrected chi connectivity index (χ4v) is 2.88. The fraction of sp³-hybridized carbons (Fsp3) is 0.389. The summed E-state index contributed by atoms with van der Waals surface area (Å²) in [5.41, 5.74) is 1.86. The van der Waals surface area contributed by atoms with Gasteiger partial charge in [-0.2, -0.15) is 5.10 Å². The number of hydrogen-bond acceptors (Lipinski definition) is 3. The Morgan fingerprint density at radius 3 is 2.83 bits per heavy atom. The van der Waals surface area contributed by atoms with Gasteiger partial charge in [-0.15, -0.1) is 0 Å². The molecule has 1 N–H and O–H groups in total. The van der Waals surface area contributed by atoms with E-state index in [0.717, 1.165) is 18.5 Å². The first-order valence-corrected chi connectivity index (χ1v) is 8.35. The lowest BCUT2D eigenvalue weighted by Gasteiger charge is -2.14. The topological polar surface area (TPSA) is 67.2 Å². The zero-order valence-corrected chi connectivity index (χ0v) is 13.6. The number of aromatic nitrogens is 2. The van der Waals surface area contributed by atoms with Crippen molar-refractivity contribution in [2.75, 3.05) is 18.4 Å². The molecule has 126 valence electrons. The van der Waals surface area contributed by atoms with Crippen molar-refractivity contribution >= 4 is 17.5 Å². The van der Waals surface area contributed by atoms with E-state index in [1.54, 1.807) is 10.9 Å². The van der Waals surface area contributed by atoms with Gasteiger partial charge >= 0.3 is 0 Å². The molecule has 1 fully saturated rings. The van der Waals surface area contributed by atoms with Gasteiger partial charge in [-0.05, 0) is 18.4 Å². The number of benzene rings is 1. The van der Waals surface area contributed by atoms with Crippen LogP contribution in [0.3, 0.4) is 0 Å². The van der Waals surface area contributed by atoms with Crippen LogP contribution in [0.25, 0.3) is 0 Å². The molecule has 0 bridgehead atoms. The number of amides is 2. The molecule has 2 heterocycles. The average Bonchev–Trinajstić information content (AvgIpc) is 3.18. The van der Waals surface area contributed by atoms with Crippen molar-refractivity contribution in [3.05, 3.63) is 48.3 Å². The van der Waals surface area contributed by atoms with E-state index in [0.29, 0.717) is 38.0 Å². The number of rotatable bonds is 7. The molecular weight excluding hydrogens is 304 g/mol. The van der Waals surface area contributed by atoms with E-state index in [2.05, 4.69) is 10.4 Å². The minimum atomic E-state index is -0.0408. The summed E-state index contributed by atoms with van der Waals surface area (Å²) >= 11 is 0. The summed E-state index contributed by atoms with van der Waals surface area (Å²) in [6.07, 6.45) is 6.17. The number of nitrogens with one attached hydrogen (secondary N) is 1. The number of nitrogens with zero attached hydrogens (tertiary/aromatic N) is 3. The maximum absolute atomic E-state index is 12.0. The first kappa shape index (κ1) is 16.2. The lowest BCUT2D eigenvalue weighted by Crippen LogP contribution is -2.26. The third-order valence-electron chi connectivity index (χ3n) is 4.11. The van der Waals surface area contributed by atoms with Crippen molar-refractivity contribution in [1.82, 2.24) is 14.7 Å². The van der Waals surface area contributed by atoms with Crippen LogP contribution in [0.5, 0.6) is 0 Å². The van der Waals surface area contributed by atoms with Crippen LogP contribution in [0.15, 0.2) is 42.7 Å². The molecule has 0 unspecified atom stereocenters. The van der Waals surface area contributed by atoms with Crippen molar-refractivity contribution in [3.63, 3.8) is 0 Å². The molecule has 0 saturated carbocycles. The second-order valence-electron chi connectivity index (χ2n) is 6.05. The van der Waals surface area contributed by atoms with Crippen LogP contribution in [0, 0.1) is 0 Å². The number of anilines is 1. The van der Waals surface area contributed by atoms with Crippen LogP contribution in [-0.4, -0.2) is 39.6 Å². The third-order valence-corrected chi connectivity index (χ3v) is 4.11. The second-order valence-corrected chi connectivity index (χ2v) is 6.05. The van der Waals surface area contributed by atoms with Gasteiger partial charge in [0, 0.05) is 32.1 Å². The van der Waals surface area contributed by atoms with Crippen LogP contribution in [0.2, 0.25) is 0 Å². The highest BCUT2D eigenvalue weighted by Crippen LogP contribution is 2.12. The monoisotopic (exact) mass is 326 g/mol. The quantitative estimate of drug-likeness (QED) is 0.849. The van der Waals surface area contributed by atoms with Crippen molar-refractivity contribution in [1.29, 1.82) is 0 Å². The van der Waals surface area contributed by atoms with E-state index in [-0.39, 0.29) is 11.8 Å². The molecule has 6 heteroatoms. The Bertz CT molecular complexity index is 696. The lowest BCUT2D eigenvalue weighted by atomic mass is 10.2. The van der Waals surface area contributed by atoms with E-state index < -0.39 is 0 Å². The summed E-state index contributed by atoms with van der Waals surface area (Å²) in [7, 11) is 0. The van der Waals surface area contributed by atoms with E-state index in [1.807, 2.05) is 41.4 Å². The normalized spacial score (nSPS) is 14.2. The maximum Gasteiger partial charge on any atom is 0.224 e. The van der Waals surface area contributed by atoms with E-state index in [1.165, 1.54) is 0 Å². The number of carbonyl (C=O) groups excluding carboxylic acids is 2. The predicted molar refractivity (Wildman–Crippen MR) is 91.4 cm³/mol. The Balaban J connectivity index is 1.42. The fourth-order valence-electron chi connectivity index (χ4n) is 2.88. The van der Waals surface area contributed by atoms with Crippen LogP contribution in [0.1, 0.15) is 31.2 Å². The van der Waals surface area contributed by atoms with Gasteiger partial charge in [0.1, 0.15) is 0 Å². The molecule has 2 aromatic rings. The molecule has 1 aliphatic heterocycles. The summed E-state index contributed by atoms with van der Waals surface area (Å²) in [6.45, 7) is 2.17. The maximum atomic E-state index is 12.0. The third kappa shape index (κ3) is 4.44. The number of hydrogen-bond donors (Lipinski definition) is 1.